The molecule has 30 heavy (non-hydrogen) atoms. The van der Waals surface area contributed by atoms with Crippen molar-refractivity contribution in [1.82, 2.24) is 9.62 Å². The number of hydrogen-bond acceptors (Lipinski definition) is 7. The van der Waals surface area contributed by atoms with Crippen molar-refractivity contribution in [3.8, 4) is 0 Å². The molecule has 1 N–H and O–H groups in total. The topological polar surface area (TPSA) is 136 Å². The van der Waals surface area contributed by atoms with Crippen LogP contribution >= 0.6 is 0 Å². The minimum Gasteiger partial charge on any atom is -0.461 e. The van der Waals surface area contributed by atoms with Crippen LogP contribution in [0.2, 0.25) is 0 Å². The summed E-state index contributed by atoms with van der Waals surface area (Å²) in [4.78, 5) is 34.5. The van der Waals surface area contributed by atoms with Crippen LogP contribution < -0.4 is 5.32 Å². The minimum absolute atomic E-state index is 0.00309. The Labute approximate surface area is 172 Å². The highest BCUT2D eigenvalue weighted by Crippen LogP contribution is 2.24. The van der Waals surface area contributed by atoms with Gasteiger partial charge in [-0.2, -0.15) is 4.31 Å². The first kappa shape index (κ1) is 21.4. The quantitative estimate of drug-likeness (QED) is 0.394. The number of esters is 1. The molecule has 0 bridgehead atoms. The molecular weight excluding hydrogens is 414 g/mol. The second-order valence-electron chi connectivity index (χ2n) is 6.52. The van der Waals surface area contributed by atoms with Crippen LogP contribution in [0.5, 0.6) is 0 Å². The molecule has 1 atom stereocenters. The number of amides is 1. The van der Waals surface area contributed by atoms with E-state index in [-0.39, 0.29) is 30.3 Å². The lowest BCUT2D eigenvalue weighted by molar-refractivity contribution is -0.384. The lowest BCUT2D eigenvalue weighted by Gasteiger charge is -2.33. The number of nitro groups is 1. The zero-order chi connectivity index (χ0) is 21.7. The van der Waals surface area contributed by atoms with Gasteiger partial charge in [0.1, 0.15) is 12.6 Å². The number of hydrogen-bond donors (Lipinski definition) is 1. The molecule has 0 aromatic heterocycles. The fourth-order valence-corrected chi connectivity index (χ4v) is 4.59. The van der Waals surface area contributed by atoms with Crippen molar-refractivity contribution >= 4 is 27.6 Å². The van der Waals surface area contributed by atoms with E-state index >= 15 is 0 Å². The number of carbonyl (C=O) groups excluding carboxylic acids is 2. The maximum atomic E-state index is 13.0. The first-order chi connectivity index (χ1) is 14.3. The fourth-order valence-electron chi connectivity index (χ4n) is 3.01. The largest absolute Gasteiger partial charge is 0.461 e. The number of nitrogens with one attached hydrogen (secondary N) is 1. The Kier molecular flexibility index (Phi) is 6.43. The van der Waals surface area contributed by atoms with Crippen molar-refractivity contribution in [3.05, 3.63) is 70.3 Å². The lowest BCUT2D eigenvalue weighted by Crippen LogP contribution is -2.57. The number of benzene rings is 2. The van der Waals surface area contributed by atoms with E-state index in [1.165, 1.54) is 0 Å². The van der Waals surface area contributed by atoms with Crippen molar-refractivity contribution < 1.29 is 27.7 Å². The third-order valence-corrected chi connectivity index (χ3v) is 6.46. The lowest BCUT2D eigenvalue weighted by atomic mass is 10.1. The van der Waals surface area contributed by atoms with Crippen LogP contribution in [0.4, 0.5) is 5.69 Å². The molecule has 2 aromatic carbocycles. The molecule has 1 fully saturated rings. The molecule has 0 aliphatic carbocycles. The Morgan fingerprint density at radius 3 is 2.47 bits per heavy atom. The number of nitrogens with zero attached hydrogens (tertiary/aromatic N) is 2. The average Bonchev–Trinajstić information content (AvgIpc) is 2.74. The standard InChI is InChI=1S/C19H19N3O7S/c23-18(29-13-14-4-2-1-3-5-14)12-17-19(24)20-10-11-21(17)30(27,28)16-8-6-15(7-9-16)22(25)26/h1-9,17H,10-13H2,(H,20,24). The van der Waals surface area contributed by atoms with E-state index in [1.54, 1.807) is 24.3 Å². The van der Waals surface area contributed by atoms with Gasteiger partial charge < -0.3 is 10.1 Å². The molecule has 0 saturated carbocycles. The molecule has 0 spiro atoms. The van der Waals surface area contributed by atoms with E-state index in [4.69, 9.17) is 4.74 Å². The minimum atomic E-state index is -4.16. The number of ether oxygens (including phenoxy) is 1. The van der Waals surface area contributed by atoms with Crippen LogP contribution in [0.15, 0.2) is 59.5 Å². The Hall–Kier alpha value is -3.31. The second-order valence-corrected chi connectivity index (χ2v) is 8.41. The van der Waals surface area contributed by atoms with Gasteiger partial charge in [-0.3, -0.25) is 19.7 Å². The molecule has 1 amide bonds. The van der Waals surface area contributed by atoms with Gasteiger partial charge in [0.15, 0.2) is 0 Å². The third-order valence-electron chi connectivity index (χ3n) is 4.54. The maximum absolute atomic E-state index is 13.0. The summed E-state index contributed by atoms with van der Waals surface area (Å²) in [6.45, 7) is 0.0470. The van der Waals surface area contributed by atoms with E-state index in [1.807, 2.05) is 6.07 Å². The van der Waals surface area contributed by atoms with Crippen molar-refractivity contribution in [1.29, 1.82) is 0 Å². The summed E-state index contributed by atoms with van der Waals surface area (Å²) in [6.07, 6.45) is -0.453. The van der Waals surface area contributed by atoms with E-state index < -0.39 is 39.3 Å². The van der Waals surface area contributed by atoms with Crippen LogP contribution in [0.3, 0.4) is 0 Å². The molecule has 11 heteroatoms. The van der Waals surface area contributed by atoms with Gasteiger partial charge in [-0.1, -0.05) is 30.3 Å². The fraction of sp³-hybridized carbons (Fsp3) is 0.263. The molecule has 1 heterocycles. The number of carbonyl (C=O) groups is 2. The normalized spacial score (nSPS) is 17.2. The molecule has 0 radical (unpaired) electrons. The smallest absolute Gasteiger partial charge is 0.308 e. The predicted molar refractivity (Wildman–Crippen MR) is 105 cm³/mol. The number of sulfonamides is 1. The number of nitro benzene ring substituents is 1. The molecule has 10 nitrogen and oxygen atoms in total. The van der Waals surface area contributed by atoms with Gasteiger partial charge in [-0.25, -0.2) is 8.42 Å². The van der Waals surface area contributed by atoms with Gasteiger partial charge in [0.25, 0.3) is 5.69 Å². The Bertz CT molecular complexity index is 1040. The first-order valence-electron chi connectivity index (χ1n) is 9.02. The van der Waals surface area contributed by atoms with E-state index in [0.717, 1.165) is 34.1 Å². The summed E-state index contributed by atoms with van der Waals surface area (Å²) < 4.78 is 32.1. The molecular formula is C19H19N3O7S. The van der Waals surface area contributed by atoms with Gasteiger partial charge in [0.05, 0.1) is 16.2 Å². The third kappa shape index (κ3) is 4.81. The monoisotopic (exact) mass is 433 g/mol. The highest BCUT2D eigenvalue weighted by atomic mass is 32.2. The van der Waals surface area contributed by atoms with Crippen molar-refractivity contribution in [2.75, 3.05) is 13.1 Å². The Morgan fingerprint density at radius 1 is 1.17 bits per heavy atom. The summed E-state index contributed by atoms with van der Waals surface area (Å²) in [5.41, 5.74) is 0.501. The summed E-state index contributed by atoms with van der Waals surface area (Å²) in [6, 6.07) is 12.0. The molecule has 1 aliphatic rings. The Morgan fingerprint density at radius 2 is 1.83 bits per heavy atom. The number of rotatable bonds is 7. The van der Waals surface area contributed by atoms with Gasteiger partial charge in [0.2, 0.25) is 15.9 Å². The van der Waals surface area contributed by atoms with Crippen LogP contribution in [0.25, 0.3) is 0 Å². The molecule has 1 unspecified atom stereocenters. The van der Waals surface area contributed by atoms with Crippen LogP contribution in [0, 0.1) is 10.1 Å². The van der Waals surface area contributed by atoms with E-state index in [9.17, 15) is 28.1 Å². The molecule has 3 rings (SSSR count). The summed E-state index contributed by atoms with van der Waals surface area (Å²) in [5.74, 6) is -1.33. The van der Waals surface area contributed by atoms with Gasteiger partial charge >= 0.3 is 5.97 Å². The second kappa shape index (κ2) is 9.01. The van der Waals surface area contributed by atoms with Gasteiger partial charge in [0, 0.05) is 25.2 Å². The van der Waals surface area contributed by atoms with Gasteiger partial charge in [-0.05, 0) is 17.7 Å². The highest BCUT2D eigenvalue weighted by Gasteiger charge is 2.40. The van der Waals surface area contributed by atoms with Crippen LogP contribution in [0.1, 0.15) is 12.0 Å². The number of non-ortho nitro benzene ring substituents is 1. The molecule has 158 valence electrons. The zero-order valence-electron chi connectivity index (χ0n) is 15.8. The molecule has 1 saturated heterocycles. The maximum Gasteiger partial charge on any atom is 0.308 e. The van der Waals surface area contributed by atoms with Crippen molar-refractivity contribution in [3.63, 3.8) is 0 Å². The van der Waals surface area contributed by atoms with Crippen LogP contribution in [-0.4, -0.2) is 48.7 Å². The predicted octanol–water partition coefficient (Wildman–Crippen LogP) is 1.22. The molecule has 1 aliphatic heterocycles. The van der Waals surface area contributed by atoms with Gasteiger partial charge in [-0.15, -0.1) is 0 Å². The van der Waals surface area contributed by atoms with E-state index in [2.05, 4.69) is 5.32 Å². The molecule has 2 aromatic rings. The first-order valence-corrected chi connectivity index (χ1v) is 10.5. The highest BCUT2D eigenvalue weighted by molar-refractivity contribution is 7.89. The van der Waals surface area contributed by atoms with Crippen molar-refractivity contribution in [2.45, 2.75) is 24.0 Å². The summed E-state index contributed by atoms with van der Waals surface area (Å²) >= 11 is 0. The Balaban J connectivity index is 1.75. The zero-order valence-corrected chi connectivity index (χ0v) is 16.6. The summed E-state index contributed by atoms with van der Waals surface area (Å²) in [5, 5.41) is 13.3. The van der Waals surface area contributed by atoms with Crippen LogP contribution in [-0.2, 0) is 31.0 Å². The average molecular weight is 433 g/mol. The number of piperazine rings is 1. The van der Waals surface area contributed by atoms with Crippen molar-refractivity contribution in [2.24, 2.45) is 0 Å². The van der Waals surface area contributed by atoms with E-state index in [0.29, 0.717) is 0 Å². The summed E-state index contributed by atoms with van der Waals surface area (Å²) in [7, 11) is -4.16. The SMILES string of the molecule is O=C(CC1C(=O)NCCN1S(=O)(=O)c1ccc([N+](=O)[O-])cc1)OCc1ccccc1.